The fraction of sp³-hybridized carbons (Fsp3) is 0.611. The number of guanidine groups is 1. The van der Waals surface area contributed by atoms with Gasteiger partial charge in [0.05, 0.1) is 6.54 Å². The van der Waals surface area contributed by atoms with Crippen molar-refractivity contribution in [3.63, 3.8) is 0 Å². The maximum absolute atomic E-state index is 4.63. The van der Waals surface area contributed by atoms with E-state index in [2.05, 4.69) is 50.4 Å². The zero-order chi connectivity index (χ0) is 15.0. The van der Waals surface area contributed by atoms with Crippen LogP contribution < -0.4 is 5.32 Å². The molecule has 2 heterocycles. The molecule has 128 valence electrons. The SMILES string of the molecule is I.c1ccc(CNC2=NCCN2CCN2CCCCCC2)cc1. The summed E-state index contributed by atoms with van der Waals surface area (Å²) < 4.78 is 0. The lowest BCUT2D eigenvalue weighted by Gasteiger charge is -2.26. The van der Waals surface area contributed by atoms with Crippen molar-refractivity contribution < 1.29 is 0 Å². The highest BCUT2D eigenvalue weighted by molar-refractivity contribution is 14.0. The van der Waals surface area contributed by atoms with E-state index >= 15 is 0 Å². The van der Waals surface area contributed by atoms with E-state index in [9.17, 15) is 0 Å². The summed E-state index contributed by atoms with van der Waals surface area (Å²) in [6, 6.07) is 10.5. The number of halogens is 1. The third-order valence-electron chi connectivity index (χ3n) is 4.61. The zero-order valence-corrected chi connectivity index (χ0v) is 16.2. The van der Waals surface area contributed by atoms with Crippen LogP contribution in [0.1, 0.15) is 31.2 Å². The maximum Gasteiger partial charge on any atom is 0.194 e. The quantitative estimate of drug-likeness (QED) is 0.732. The van der Waals surface area contributed by atoms with Gasteiger partial charge in [-0.3, -0.25) is 4.99 Å². The Labute approximate surface area is 157 Å². The molecule has 0 unspecified atom stereocenters. The number of benzene rings is 1. The van der Waals surface area contributed by atoms with Crippen LogP contribution in [0.15, 0.2) is 35.3 Å². The number of hydrogen-bond donors (Lipinski definition) is 1. The molecule has 2 aliphatic heterocycles. The van der Waals surface area contributed by atoms with E-state index in [1.54, 1.807) is 0 Å². The van der Waals surface area contributed by atoms with Crippen LogP contribution in [0.2, 0.25) is 0 Å². The summed E-state index contributed by atoms with van der Waals surface area (Å²) in [4.78, 5) is 9.66. The summed E-state index contributed by atoms with van der Waals surface area (Å²) >= 11 is 0. The van der Waals surface area contributed by atoms with Gasteiger partial charge in [0.2, 0.25) is 0 Å². The summed E-state index contributed by atoms with van der Waals surface area (Å²) in [5.74, 6) is 1.08. The van der Waals surface area contributed by atoms with Gasteiger partial charge in [-0.15, -0.1) is 24.0 Å². The highest BCUT2D eigenvalue weighted by Gasteiger charge is 2.18. The smallest absolute Gasteiger partial charge is 0.194 e. The van der Waals surface area contributed by atoms with Crippen LogP contribution in [-0.2, 0) is 6.54 Å². The van der Waals surface area contributed by atoms with Crippen molar-refractivity contribution in [3.05, 3.63) is 35.9 Å². The monoisotopic (exact) mass is 428 g/mol. The van der Waals surface area contributed by atoms with E-state index in [-0.39, 0.29) is 24.0 Å². The molecule has 0 saturated carbocycles. The lowest BCUT2D eigenvalue weighted by molar-refractivity contribution is 0.257. The molecule has 5 heteroatoms. The minimum Gasteiger partial charge on any atom is -0.352 e. The fourth-order valence-corrected chi connectivity index (χ4v) is 3.27. The predicted octanol–water partition coefficient (Wildman–Crippen LogP) is 2.94. The van der Waals surface area contributed by atoms with Crippen LogP contribution >= 0.6 is 24.0 Å². The van der Waals surface area contributed by atoms with Crippen LogP contribution in [0.4, 0.5) is 0 Å². The Morgan fingerprint density at radius 1 is 0.913 bits per heavy atom. The molecule has 23 heavy (non-hydrogen) atoms. The number of rotatable bonds is 5. The highest BCUT2D eigenvalue weighted by atomic mass is 127. The van der Waals surface area contributed by atoms with Gasteiger partial charge in [0.15, 0.2) is 5.96 Å². The molecule has 1 N–H and O–H groups in total. The van der Waals surface area contributed by atoms with E-state index < -0.39 is 0 Å². The van der Waals surface area contributed by atoms with Crippen molar-refractivity contribution in [3.8, 4) is 0 Å². The number of aliphatic imine (C=N–C) groups is 1. The summed E-state index contributed by atoms with van der Waals surface area (Å²) in [6.07, 6.45) is 5.55. The standard InChI is InChI=1S/C18H28N4.HI/c1-2-7-12-21(11-6-1)14-15-22-13-10-19-18(22)20-16-17-8-4-3-5-9-17;/h3-5,8-9H,1-2,6-7,10-16H2,(H,19,20);1H. The molecule has 1 saturated heterocycles. The van der Waals surface area contributed by atoms with Gasteiger partial charge in [0.25, 0.3) is 0 Å². The van der Waals surface area contributed by atoms with Crippen LogP contribution in [0.3, 0.4) is 0 Å². The van der Waals surface area contributed by atoms with Crippen LogP contribution in [0.25, 0.3) is 0 Å². The Morgan fingerprint density at radius 3 is 2.39 bits per heavy atom. The fourth-order valence-electron chi connectivity index (χ4n) is 3.27. The first-order chi connectivity index (χ1) is 10.9. The van der Waals surface area contributed by atoms with E-state index in [1.807, 2.05) is 0 Å². The molecule has 0 aromatic heterocycles. The first kappa shape index (κ1) is 18.5. The molecule has 0 bridgehead atoms. The summed E-state index contributed by atoms with van der Waals surface area (Å²) in [5.41, 5.74) is 1.31. The van der Waals surface area contributed by atoms with Gasteiger partial charge in [-0.1, -0.05) is 43.2 Å². The molecule has 3 rings (SSSR count). The molecule has 2 aliphatic rings. The number of hydrogen-bond acceptors (Lipinski definition) is 4. The molecular weight excluding hydrogens is 399 g/mol. The average Bonchev–Trinajstić information content (AvgIpc) is 2.85. The Balaban J connectivity index is 0.00000192. The van der Waals surface area contributed by atoms with E-state index in [1.165, 1.54) is 50.9 Å². The molecular formula is C18H29IN4. The Bertz CT molecular complexity index is 469. The molecule has 4 nitrogen and oxygen atoms in total. The minimum atomic E-state index is 0. The lowest BCUT2D eigenvalue weighted by atomic mass is 10.2. The van der Waals surface area contributed by atoms with Gasteiger partial charge >= 0.3 is 0 Å². The number of nitrogens with one attached hydrogen (secondary N) is 1. The van der Waals surface area contributed by atoms with Gasteiger partial charge in [-0.05, 0) is 31.5 Å². The van der Waals surface area contributed by atoms with E-state index in [4.69, 9.17) is 0 Å². The summed E-state index contributed by atoms with van der Waals surface area (Å²) in [5, 5.41) is 3.51. The second-order valence-electron chi connectivity index (χ2n) is 6.29. The zero-order valence-electron chi connectivity index (χ0n) is 13.9. The second-order valence-corrected chi connectivity index (χ2v) is 6.29. The summed E-state index contributed by atoms with van der Waals surface area (Å²) in [6.45, 7) is 7.67. The van der Waals surface area contributed by atoms with Crippen molar-refractivity contribution in [2.24, 2.45) is 4.99 Å². The summed E-state index contributed by atoms with van der Waals surface area (Å²) in [7, 11) is 0. The predicted molar refractivity (Wildman–Crippen MR) is 107 cm³/mol. The van der Waals surface area contributed by atoms with Gasteiger partial charge in [-0.25, -0.2) is 0 Å². The topological polar surface area (TPSA) is 30.9 Å². The van der Waals surface area contributed by atoms with Crippen molar-refractivity contribution in [1.82, 2.24) is 15.1 Å². The molecule has 1 aromatic carbocycles. The average molecular weight is 428 g/mol. The van der Waals surface area contributed by atoms with Gasteiger partial charge in [-0.2, -0.15) is 0 Å². The first-order valence-electron chi connectivity index (χ1n) is 8.71. The molecule has 0 aliphatic carbocycles. The Morgan fingerprint density at radius 2 is 1.65 bits per heavy atom. The van der Waals surface area contributed by atoms with Crippen LogP contribution in [-0.4, -0.2) is 55.0 Å². The molecule has 0 spiro atoms. The number of likely N-dealkylation sites (tertiary alicyclic amines) is 1. The molecule has 0 amide bonds. The van der Waals surface area contributed by atoms with E-state index in [0.29, 0.717) is 0 Å². The largest absolute Gasteiger partial charge is 0.352 e. The van der Waals surface area contributed by atoms with Crippen molar-refractivity contribution in [2.45, 2.75) is 32.2 Å². The third-order valence-corrected chi connectivity index (χ3v) is 4.61. The molecule has 1 aromatic rings. The highest BCUT2D eigenvalue weighted by Crippen LogP contribution is 2.10. The van der Waals surface area contributed by atoms with Crippen molar-refractivity contribution >= 4 is 29.9 Å². The van der Waals surface area contributed by atoms with Crippen molar-refractivity contribution in [1.29, 1.82) is 0 Å². The van der Waals surface area contributed by atoms with Gasteiger partial charge in [0, 0.05) is 26.2 Å². The Kier molecular flexibility index (Phi) is 8.16. The molecule has 1 fully saturated rings. The minimum absolute atomic E-state index is 0. The molecule has 0 atom stereocenters. The van der Waals surface area contributed by atoms with Crippen LogP contribution in [0, 0.1) is 0 Å². The van der Waals surface area contributed by atoms with Gasteiger partial charge < -0.3 is 15.1 Å². The molecule has 0 radical (unpaired) electrons. The lowest BCUT2D eigenvalue weighted by Crippen LogP contribution is -2.42. The van der Waals surface area contributed by atoms with Crippen LogP contribution in [0.5, 0.6) is 0 Å². The van der Waals surface area contributed by atoms with Gasteiger partial charge in [0.1, 0.15) is 0 Å². The van der Waals surface area contributed by atoms with Crippen molar-refractivity contribution in [2.75, 3.05) is 39.3 Å². The number of nitrogens with zero attached hydrogens (tertiary/aromatic N) is 3. The second kappa shape index (κ2) is 10.1. The van der Waals surface area contributed by atoms with E-state index in [0.717, 1.165) is 32.1 Å². The maximum atomic E-state index is 4.63. The first-order valence-corrected chi connectivity index (χ1v) is 8.71. The third kappa shape index (κ3) is 5.95. The normalized spacial score (nSPS) is 19.0. The Hall–Kier alpha value is -0.820.